The second-order valence-electron chi connectivity index (χ2n) is 4.40. The van der Waals surface area contributed by atoms with Gasteiger partial charge in [-0.2, -0.15) is 0 Å². The van der Waals surface area contributed by atoms with E-state index in [1.54, 1.807) is 7.11 Å². The molecular formula is C14H22ClN3O2. The normalized spacial score (nSPS) is 10.6. The second-order valence-corrected chi connectivity index (χ2v) is 4.80. The number of carbonyl (C=O) groups excluding carboxylic acids is 1. The third kappa shape index (κ3) is 5.00. The number of benzene rings is 1. The summed E-state index contributed by atoms with van der Waals surface area (Å²) in [6, 6.07) is 5.71. The first-order chi connectivity index (χ1) is 9.60. The first kappa shape index (κ1) is 16.8. The minimum atomic E-state index is -0.370. The Bertz CT molecular complexity index is 440. The van der Waals surface area contributed by atoms with Crippen molar-refractivity contribution in [1.82, 2.24) is 5.32 Å². The molecule has 1 aromatic rings. The van der Waals surface area contributed by atoms with Crippen LogP contribution in [0.2, 0.25) is 5.02 Å². The van der Waals surface area contributed by atoms with Crippen molar-refractivity contribution in [3.05, 3.63) is 28.8 Å². The molecule has 3 N–H and O–H groups in total. The van der Waals surface area contributed by atoms with Crippen LogP contribution >= 0.6 is 11.6 Å². The van der Waals surface area contributed by atoms with E-state index < -0.39 is 0 Å². The van der Waals surface area contributed by atoms with Crippen LogP contribution in [0.4, 0.5) is 5.69 Å². The molecule has 1 aromatic carbocycles. The average molecular weight is 300 g/mol. The van der Waals surface area contributed by atoms with Gasteiger partial charge >= 0.3 is 0 Å². The van der Waals surface area contributed by atoms with Crippen molar-refractivity contribution in [3.8, 4) is 0 Å². The van der Waals surface area contributed by atoms with E-state index in [2.05, 4.69) is 5.32 Å². The molecule has 0 fully saturated rings. The predicted octanol–water partition coefficient (Wildman–Crippen LogP) is 1.39. The summed E-state index contributed by atoms with van der Waals surface area (Å²) >= 11 is 6.28. The Labute approximate surface area is 125 Å². The molecule has 0 atom stereocenters. The fourth-order valence-corrected chi connectivity index (χ4v) is 2.30. The van der Waals surface area contributed by atoms with Gasteiger partial charge < -0.3 is 20.7 Å². The summed E-state index contributed by atoms with van der Waals surface area (Å²) in [6.07, 6.45) is 0. The molecule has 0 unspecified atom stereocenters. The van der Waals surface area contributed by atoms with Gasteiger partial charge in [0.25, 0.3) is 0 Å². The summed E-state index contributed by atoms with van der Waals surface area (Å²) < 4.78 is 4.99. The number of primary amides is 1. The lowest BCUT2D eigenvalue weighted by Gasteiger charge is -2.25. The summed E-state index contributed by atoms with van der Waals surface area (Å²) in [5.41, 5.74) is 7.19. The lowest BCUT2D eigenvalue weighted by Crippen LogP contribution is -2.34. The van der Waals surface area contributed by atoms with E-state index in [0.29, 0.717) is 24.7 Å². The molecule has 0 radical (unpaired) electrons. The van der Waals surface area contributed by atoms with Crippen molar-refractivity contribution in [3.63, 3.8) is 0 Å². The molecule has 1 rings (SSSR count). The van der Waals surface area contributed by atoms with Crippen LogP contribution in [0.5, 0.6) is 0 Å². The number of hydrogen-bond donors (Lipinski definition) is 2. The lowest BCUT2D eigenvalue weighted by atomic mass is 10.1. The van der Waals surface area contributed by atoms with Gasteiger partial charge in [-0.25, -0.2) is 0 Å². The molecule has 0 saturated carbocycles. The number of ether oxygens (including phenoxy) is 1. The number of halogens is 1. The zero-order valence-electron chi connectivity index (χ0n) is 12.0. The van der Waals surface area contributed by atoms with Crippen molar-refractivity contribution < 1.29 is 9.53 Å². The highest BCUT2D eigenvalue weighted by molar-refractivity contribution is 6.33. The van der Waals surface area contributed by atoms with E-state index in [1.165, 1.54) is 0 Å². The lowest BCUT2D eigenvalue weighted by molar-refractivity contribution is -0.116. The van der Waals surface area contributed by atoms with Gasteiger partial charge in [0.15, 0.2) is 0 Å². The molecular weight excluding hydrogens is 278 g/mol. The SMILES string of the molecule is CCN(CC(N)=O)c1c(Cl)cccc1CNCCOC. The summed E-state index contributed by atoms with van der Waals surface area (Å²) in [6.45, 7) is 4.85. The van der Waals surface area contributed by atoms with Crippen molar-refractivity contribution >= 4 is 23.2 Å². The smallest absolute Gasteiger partial charge is 0.236 e. The number of nitrogens with zero attached hydrogens (tertiary/aromatic N) is 1. The Balaban J connectivity index is 2.88. The molecule has 0 saturated heterocycles. The molecule has 112 valence electrons. The minimum absolute atomic E-state index is 0.158. The molecule has 0 spiro atoms. The quantitative estimate of drug-likeness (QED) is 0.676. The van der Waals surface area contributed by atoms with Gasteiger partial charge in [-0.3, -0.25) is 4.79 Å². The molecule has 1 amide bonds. The van der Waals surface area contributed by atoms with Crippen molar-refractivity contribution in [2.24, 2.45) is 5.73 Å². The summed E-state index contributed by atoms with van der Waals surface area (Å²) in [4.78, 5) is 13.1. The Hall–Kier alpha value is -1.30. The summed E-state index contributed by atoms with van der Waals surface area (Å²) in [5.74, 6) is -0.370. The van der Waals surface area contributed by atoms with Gasteiger partial charge in [0.05, 0.1) is 23.9 Å². The number of likely N-dealkylation sites (N-methyl/N-ethyl adjacent to an activating group) is 1. The molecule has 0 aliphatic carbocycles. The number of nitrogens with two attached hydrogens (primary N) is 1. The zero-order valence-corrected chi connectivity index (χ0v) is 12.7. The van der Waals surface area contributed by atoms with Crippen LogP contribution in [-0.4, -0.2) is 39.3 Å². The van der Waals surface area contributed by atoms with Crippen LogP contribution in [0.1, 0.15) is 12.5 Å². The van der Waals surface area contributed by atoms with E-state index in [-0.39, 0.29) is 12.5 Å². The Morgan fingerprint density at radius 1 is 1.50 bits per heavy atom. The standard InChI is InChI=1S/C14H22ClN3O2/c1-3-18(10-13(16)19)14-11(5-4-6-12(14)15)9-17-7-8-20-2/h4-6,17H,3,7-10H2,1-2H3,(H2,16,19). The van der Waals surface area contributed by atoms with E-state index >= 15 is 0 Å². The molecule has 0 aliphatic heterocycles. The number of methoxy groups -OCH3 is 1. The van der Waals surface area contributed by atoms with Gasteiger partial charge in [0.1, 0.15) is 0 Å². The second kappa shape index (κ2) is 8.79. The number of carbonyl (C=O) groups is 1. The van der Waals surface area contributed by atoms with Gasteiger partial charge in [-0.05, 0) is 18.6 Å². The van der Waals surface area contributed by atoms with E-state index in [9.17, 15) is 4.79 Å². The average Bonchev–Trinajstić information content (AvgIpc) is 2.41. The maximum Gasteiger partial charge on any atom is 0.236 e. The van der Waals surface area contributed by atoms with Gasteiger partial charge in [-0.1, -0.05) is 23.7 Å². The van der Waals surface area contributed by atoms with Crippen LogP contribution in [0.25, 0.3) is 0 Å². The van der Waals surface area contributed by atoms with Crippen LogP contribution in [0.3, 0.4) is 0 Å². The highest BCUT2D eigenvalue weighted by atomic mass is 35.5. The van der Waals surface area contributed by atoms with Crippen LogP contribution < -0.4 is 16.0 Å². The van der Waals surface area contributed by atoms with Crippen LogP contribution in [0.15, 0.2) is 18.2 Å². The monoisotopic (exact) mass is 299 g/mol. The van der Waals surface area contributed by atoms with Crippen LogP contribution in [0, 0.1) is 0 Å². The highest BCUT2D eigenvalue weighted by Gasteiger charge is 2.15. The maximum absolute atomic E-state index is 11.2. The molecule has 5 nitrogen and oxygen atoms in total. The number of para-hydroxylation sites is 1. The third-order valence-electron chi connectivity index (χ3n) is 2.91. The molecule has 0 bridgehead atoms. The molecule has 0 aromatic heterocycles. The minimum Gasteiger partial charge on any atom is -0.383 e. The van der Waals surface area contributed by atoms with E-state index in [0.717, 1.165) is 17.8 Å². The summed E-state index contributed by atoms with van der Waals surface area (Å²) in [5, 5.41) is 3.90. The zero-order chi connectivity index (χ0) is 15.0. The topological polar surface area (TPSA) is 67.6 Å². The van der Waals surface area contributed by atoms with Gasteiger partial charge in [0, 0.05) is 26.7 Å². The van der Waals surface area contributed by atoms with E-state index in [1.807, 2.05) is 30.0 Å². The van der Waals surface area contributed by atoms with Crippen molar-refractivity contribution in [2.45, 2.75) is 13.5 Å². The molecule has 20 heavy (non-hydrogen) atoms. The highest BCUT2D eigenvalue weighted by Crippen LogP contribution is 2.29. The molecule has 6 heteroatoms. The fourth-order valence-electron chi connectivity index (χ4n) is 1.99. The Kier molecular flexibility index (Phi) is 7.36. The molecule has 0 aliphatic rings. The number of rotatable bonds is 9. The van der Waals surface area contributed by atoms with E-state index in [4.69, 9.17) is 22.1 Å². The largest absolute Gasteiger partial charge is 0.383 e. The third-order valence-corrected chi connectivity index (χ3v) is 3.22. The van der Waals surface area contributed by atoms with Crippen LogP contribution in [-0.2, 0) is 16.1 Å². The first-order valence-electron chi connectivity index (χ1n) is 6.60. The summed E-state index contributed by atoms with van der Waals surface area (Å²) in [7, 11) is 1.66. The number of hydrogen-bond acceptors (Lipinski definition) is 4. The number of amides is 1. The first-order valence-corrected chi connectivity index (χ1v) is 6.98. The number of anilines is 1. The fraction of sp³-hybridized carbons (Fsp3) is 0.500. The van der Waals surface area contributed by atoms with Crippen molar-refractivity contribution in [1.29, 1.82) is 0 Å². The number of nitrogens with one attached hydrogen (secondary N) is 1. The maximum atomic E-state index is 11.2. The Morgan fingerprint density at radius 3 is 2.85 bits per heavy atom. The predicted molar refractivity (Wildman–Crippen MR) is 82.1 cm³/mol. The van der Waals surface area contributed by atoms with Gasteiger partial charge in [0.2, 0.25) is 5.91 Å². The Morgan fingerprint density at radius 2 is 2.25 bits per heavy atom. The molecule has 0 heterocycles. The van der Waals surface area contributed by atoms with Crippen molar-refractivity contribution in [2.75, 3.05) is 38.3 Å². The van der Waals surface area contributed by atoms with Gasteiger partial charge in [-0.15, -0.1) is 0 Å².